The van der Waals surface area contributed by atoms with Crippen LogP contribution in [0.15, 0.2) is 27.7 Å². The lowest BCUT2D eigenvalue weighted by atomic mass is 10.1. The Labute approximate surface area is 170 Å². The fourth-order valence-electron chi connectivity index (χ4n) is 2.78. The number of guanidine groups is 1. The summed E-state index contributed by atoms with van der Waals surface area (Å²) in [6.07, 6.45) is 1.91. The van der Waals surface area contributed by atoms with Crippen molar-refractivity contribution in [1.29, 1.82) is 0 Å². The van der Waals surface area contributed by atoms with E-state index in [1.165, 1.54) is 0 Å². The van der Waals surface area contributed by atoms with Crippen molar-refractivity contribution in [3.8, 4) is 0 Å². The van der Waals surface area contributed by atoms with Gasteiger partial charge >= 0.3 is 0 Å². The number of nitrogens with one attached hydrogen (secondary N) is 3. The molecule has 7 nitrogen and oxygen atoms in total. The highest BCUT2D eigenvalue weighted by Gasteiger charge is 2.14. The number of aryl methyl sites for hydroxylation is 2. The molecule has 0 radical (unpaired) electrons. The molecule has 0 saturated heterocycles. The average Bonchev–Trinajstić information content (AvgIpc) is 3.10. The predicted molar refractivity (Wildman–Crippen MR) is 113 cm³/mol. The molecule has 28 heavy (non-hydrogen) atoms. The Morgan fingerprint density at radius 2 is 2.04 bits per heavy atom. The van der Waals surface area contributed by atoms with Gasteiger partial charge < -0.3 is 20.5 Å². The van der Waals surface area contributed by atoms with Crippen LogP contribution in [0.2, 0.25) is 5.02 Å². The standard InChI is InChI=1S/C20H28ClN5O2/c1-5-16-14(18(6-2)28-26-16)12-24-20(22-4)23-11-10-19(27)25-17-9-7-8-15(21)13(17)3/h7-9H,5-6,10-12H2,1-4H3,(H,25,27)(H2,22,23,24). The quantitative estimate of drug-likeness (QED) is 0.462. The first-order valence-electron chi connectivity index (χ1n) is 9.45. The lowest BCUT2D eigenvalue weighted by Crippen LogP contribution is -2.38. The molecule has 0 aliphatic carbocycles. The number of carbonyl (C=O) groups is 1. The van der Waals surface area contributed by atoms with Gasteiger partial charge in [0.15, 0.2) is 5.96 Å². The van der Waals surface area contributed by atoms with Gasteiger partial charge in [-0.05, 0) is 31.0 Å². The van der Waals surface area contributed by atoms with Crippen molar-refractivity contribution in [3.63, 3.8) is 0 Å². The molecule has 152 valence electrons. The lowest BCUT2D eigenvalue weighted by Gasteiger charge is -2.13. The molecule has 1 heterocycles. The molecule has 0 aliphatic heterocycles. The summed E-state index contributed by atoms with van der Waals surface area (Å²) < 4.78 is 5.38. The molecule has 1 aromatic heterocycles. The van der Waals surface area contributed by atoms with Crippen LogP contribution in [0.1, 0.15) is 42.8 Å². The van der Waals surface area contributed by atoms with Gasteiger partial charge in [0.25, 0.3) is 0 Å². The van der Waals surface area contributed by atoms with Crippen molar-refractivity contribution in [2.24, 2.45) is 4.99 Å². The zero-order chi connectivity index (χ0) is 20.5. The summed E-state index contributed by atoms with van der Waals surface area (Å²) in [6, 6.07) is 5.45. The van der Waals surface area contributed by atoms with E-state index in [0.717, 1.165) is 41.1 Å². The molecule has 1 aromatic carbocycles. The first kappa shape index (κ1) is 21.8. The van der Waals surface area contributed by atoms with E-state index in [2.05, 4.69) is 26.1 Å². The zero-order valence-corrected chi connectivity index (χ0v) is 17.6. The maximum atomic E-state index is 12.2. The van der Waals surface area contributed by atoms with Crippen molar-refractivity contribution in [1.82, 2.24) is 15.8 Å². The number of aromatic nitrogens is 1. The van der Waals surface area contributed by atoms with Crippen LogP contribution in [0, 0.1) is 6.92 Å². The van der Waals surface area contributed by atoms with E-state index in [0.29, 0.717) is 30.5 Å². The molecule has 0 fully saturated rings. The monoisotopic (exact) mass is 405 g/mol. The minimum Gasteiger partial charge on any atom is -0.361 e. The average molecular weight is 406 g/mol. The summed E-state index contributed by atoms with van der Waals surface area (Å²) in [5.74, 6) is 1.42. The van der Waals surface area contributed by atoms with Crippen LogP contribution in [0.5, 0.6) is 0 Å². The number of hydrogen-bond acceptors (Lipinski definition) is 4. The lowest BCUT2D eigenvalue weighted by molar-refractivity contribution is -0.116. The third-order valence-corrected chi connectivity index (χ3v) is 4.86. The van der Waals surface area contributed by atoms with E-state index >= 15 is 0 Å². The molecule has 0 spiro atoms. The van der Waals surface area contributed by atoms with E-state index in [1.807, 2.05) is 32.9 Å². The van der Waals surface area contributed by atoms with Crippen LogP contribution in [-0.4, -0.2) is 30.6 Å². The number of anilines is 1. The maximum Gasteiger partial charge on any atom is 0.226 e. The van der Waals surface area contributed by atoms with Gasteiger partial charge in [-0.1, -0.05) is 36.7 Å². The van der Waals surface area contributed by atoms with Crippen LogP contribution in [0.25, 0.3) is 0 Å². The van der Waals surface area contributed by atoms with Crippen molar-refractivity contribution in [2.75, 3.05) is 18.9 Å². The third kappa shape index (κ3) is 5.73. The first-order valence-corrected chi connectivity index (χ1v) is 9.83. The summed E-state index contributed by atoms with van der Waals surface area (Å²) in [4.78, 5) is 16.4. The fraction of sp³-hybridized carbons (Fsp3) is 0.450. The number of rotatable bonds is 8. The largest absolute Gasteiger partial charge is 0.361 e. The number of hydrogen-bond donors (Lipinski definition) is 3. The number of halogens is 1. The minimum atomic E-state index is -0.0890. The molecule has 3 N–H and O–H groups in total. The molecule has 0 atom stereocenters. The Morgan fingerprint density at radius 1 is 1.25 bits per heavy atom. The highest BCUT2D eigenvalue weighted by Crippen LogP contribution is 2.22. The number of nitrogens with zero attached hydrogens (tertiary/aromatic N) is 2. The van der Waals surface area contributed by atoms with Gasteiger partial charge in [-0.25, -0.2) is 0 Å². The van der Waals surface area contributed by atoms with Crippen molar-refractivity contribution in [3.05, 3.63) is 45.8 Å². The van der Waals surface area contributed by atoms with E-state index in [4.69, 9.17) is 16.1 Å². The van der Waals surface area contributed by atoms with Crippen LogP contribution in [0.4, 0.5) is 5.69 Å². The van der Waals surface area contributed by atoms with Crippen LogP contribution < -0.4 is 16.0 Å². The first-order chi connectivity index (χ1) is 13.5. The Balaban J connectivity index is 1.82. The molecular formula is C20H28ClN5O2. The van der Waals surface area contributed by atoms with E-state index in [-0.39, 0.29) is 5.91 Å². The predicted octanol–water partition coefficient (Wildman–Crippen LogP) is 3.46. The van der Waals surface area contributed by atoms with Crippen molar-refractivity contribution in [2.45, 2.75) is 46.6 Å². The summed E-state index contributed by atoms with van der Waals surface area (Å²) in [5, 5.41) is 14.0. The zero-order valence-electron chi connectivity index (χ0n) is 16.9. The molecule has 0 aliphatic rings. The summed E-state index contributed by atoms with van der Waals surface area (Å²) in [7, 11) is 1.69. The van der Waals surface area contributed by atoms with Crippen molar-refractivity contribution < 1.29 is 9.32 Å². The van der Waals surface area contributed by atoms with E-state index in [1.54, 1.807) is 13.1 Å². The number of amides is 1. The molecule has 2 aromatic rings. The van der Waals surface area contributed by atoms with Crippen molar-refractivity contribution >= 4 is 29.2 Å². The van der Waals surface area contributed by atoms with Crippen LogP contribution >= 0.6 is 11.6 Å². The second-order valence-electron chi connectivity index (χ2n) is 6.30. The van der Waals surface area contributed by atoms with Crippen LogP contribution in [-0.2, 0) is 24.2 Å². The molecule has 0 saturated carbocycles. The van der Waals surface area contributed by atoms with E-state index in [9.17, 15) is 4.79 Å². The molecule has 2 rings (SSSR count). The number of carbonyl (C=O) groups excluding carboxylic acids is 1. The highest BCUT2D eigenvalue weighted by molar-refractivity contribution is 6.31. The van der Waals surface area contributed by atoms with Gasteiger partial charge in [0.2, 0.25) is 5.91 Å². The van der Waals surface area contributed by atoms with Gasteiger partial charge in [-0.15, -0.1) is 0 Å². The fourth-order valence-corrected chi connectivity index (χ4v) is 2.96. The maximum absolute atomic E-state index is 12.2. The van der Waals surface area contributed by atoms with Gasteiger partial charge in [0, 0.05) is 49.3 Å². The van der Waals surface area contributed by atoms with Crippen LogP contribution in [0.3, 0.4) is 0 Å². The third-order valence-electron chi connectivity index (χ3n) is 4.45. The minimum absolute atomic E-state index is 0.0890. The normalized spacial score (nSPS) is 11.4. The molecule has 8 heteroatoms. The molecule has 0 unspecified atom stereocenters. The Hall–Kier alpha value is -2.54. The molecule has 1 amide bonds. The van der Waals surface area contributed by atoms with Gasteiger partial charge in [0.05, 0.1) is 5.69 Å². The second kappa shape index (κ2) is 10.7. The molecular weight excluding hydrogens is 378 g/mol. The Bertz CT molecular complexity index is 810. The second-order valence-corrected chi connectivity index (χ2v) is 6.71. The SMILES string of the molecule is CCc1noc(CC)c1CNC(=NC)NCCC(=O)Nc1cccc(Cl)c1C. The summed E-state index contributed by atoms with van der Waals surface area (Å²) in [6.45, 7) is 6.99. The molecule has 0 bridgehead atoms. The topological polar surface area (TPSA) is 91.6 Å². The Kier molecular flexibility index (Phi) is 8.32. The van der Waals surface area contributed by atoms with Gasteiger partial charge in [-0.3, -0.25) is 9.79 Å². The van der Waals surface area contributed by atoms with Gasteiger partial charge in [-0.2, -0.15) is 0 Å². The highest BCUT2D eigenvalue weighted by atomic mass is 35.5. The summed E-state index contributed by atoms with van der Waals surface area (Å²) in [5.41, 5.74) is 3.61. The van der Waals surface area contributed by atoms with Gasteiger partial charge in [0.1, 0.15) is 5.76 Å². The number of benzene rings is 1. The summed E-state index contributed by atoms with van der Waals surface area (Å²) >= 11 is 6.08. The number of aliphatic imine (C=N–C) groups is 1. The van der Waals surface area contributed by atoms with E-state index < -0.39 is 0 Å². The Morgan fingerprint density at radius 3 is 2.71 bits per heavy atom. The smallest absolute Gasteiger partial charge is 0.226 e.